The maximum atomic E-state index is 5.82. The Morgan fingerprint density at radius 1 is 0.957 bits per heavy atom. The van der Waals surface area contributed by atoms with Crippen LogP contribution in [0.3, 0.4) is 0 Å². The van der Waals surface area contributed by atoms with Crippen LogP contribution >= 0.6 is 0 Å². The van der Waals surface area contributed by atoms with Crippen molar-refractivity contribution in [1.29, 1.82) is 0 Å². The molecule has 0 spiro atoms. The molecule has 0 saturated carbocycles. The fourth-order valence-corrected chi connectivity index (χ4v) is 2.22. The second-order valence-corrected chi connectivity index (χ2v) is 4.87. The van der Waals surface area contributed by atoms with Crippen molar-refractivity contribution in [3.05, 3.63) is 66.5 Å². The van der Waals surface area contributed by atoms with Crippen molar-refractivity contribution >= 4 is 31.5 Å². The SMILES string of the molecule is [B]N=Cc1c(N)ncnc1Nc1ccc(-c2ccccc2)cc1. The summed E-state index contributed by atoms with van der Waals surface area (Å²) in [5.74, 6) is 0.872. The highest BCUT2D eigenvalue weighted by Crippen LogP contribution is 2.24. The molecule has 0 bridgehead atoms. The summed E-state index contributed by atoms with van der Waals surface area (Å²) in [6.45, 7) is 0. The zero-order valence-electron chi connectivity index (χ0n) is 12.3. The lowest BCUT2D eigenvalue weighted by Gasteiger charge is -2.10. The summed E-state index contributed by atoms with van der Waals surface area (Å²) in [6.07, 6.45) is 2.82. The summed E-state index contributed by atoms with van der Waals surface area (Å²) < 4.78 is 0. The van der Waals surface area contributed by atoms with Gasteiger partial charge in [-0.25, -0.2) is 9.97 Å². The second kappa shape index (κ2) is 6.74. The molecule has 0 atom stereocenters. The number of rotatable bonds is 4. The molecule has 2 radical (unpaired) electrons. The predicted molar refractivity (Wildman–Crippen MR) is 95.0 cm³/mol. The molecule has 0 aliphatic carbocycles. The molecule has 6 heteroatoms. The van der Waals surface area contributed by atoms with Gasteiger partial charge in [0.2, 0.25) is 0 Å². The van der Waals surface area contributed by atoms with Crippen LogP contribution in [-0.4, -0.2) is 24.2 Å². The fraction of sp³-hybridized carbons (Fsp3) is 0. The first-order valence-corrected chi connectivity index (χ1v) is 7.04. The van der Waals surface area contributed by atoms with Gasteiger partial charge in [0, 0.05) is 11.9 Å². The van der Waals surface area contributed by atoms with Crippen molar-refractivity contribution in [3.63, 3.8) is 0 Å². The van der Waals surface area contributed by atoms with E-state index in [9.17, 15) is 0 Å². The first-order chi connectivity index (χ1) is 11.3. The van der Waals surface area contributed by atoms with E-state index in [4.69, 9.17) is 13.7 Å². The van der Waals surface area contributed by atoms with E-state index in [2.05, 4.69) is 32.3 Å². The Morgan fingerprint density at radius 2 is 1.65 bits per heavy atom. The third kappa shape index (κ3) is 3.37. The van der Waals surface area contributed by atoms with Gasteiger partial charge in [-0.1, -0.05) is 42.5 Å². The number of hydrogen-bond donors (Lipinski definition) is 2. The van der Waals surface area contributed by atoms with Crippen molar-refractivity contribution in [2.45, 2.75) is 0 Å². The minimum Gasteiger partial charge on any atom is -0.383 e. The van der Waals surface area contributed by atoms with E-state index in [-0.39, 0.29) is 0 Å². The van der Waals surface area contributed by atoms with Gasteiger partial charge in [-0.3, -0.25) is 0 Å². The molecule has 0 aliphatic rings. The number of aromatic nitrogens is 2. The van der Waals surface area contributed by atoms with Crippen LogP contribution in [0.5, 0.6) is 0 Å². The molecular weight excluding hydrogens is 285 g/mol. The largest absolute Gasteiger partial charge is 0.383 e. The smallest absolute Gasteiger partial charge is 0.259 e. The first-order valence-electron chi connectivity index (χ1n) is 7.04. The second-order valence-electron chi connectivity index (χ2n) is 4.87. The number of anilines is 3. The highest BCUT2D eigenvalue weighted by molar-refractivity contribution is 6.12. The third-order valence-electron chi connectivity index (χ3n) is 3.37. The number of nitrogens with one attached hydrogen (secondary N) is 1. The average Bonchev–Trinajstić information content (AvgIpc) is 2.59. The van der Waals surface area contributed by atoms with Crippen LogP contribution in [0.2, 0.25) is 0 Å². The van der Waals surface area contributed by atoms with E-state index in [1.165, 1.54) is 18.1 Å². The van der Waals surface area contributed by atoms with Crippen molar-refractivity contribution in [1.82, 2.24) is 9.97 Å². The van der Waals surface area contributed by atoms with Gasteiger partial charge in [0.25, 0.3) is 7.98 Å². The molecule has 3 N–H and O–H groups in total. The summed E-state index contributed by atoms with van der Waals surface area (Å²) in [7, 11) is 5.21. The van der Waals surface area contributed by atoms with Gasteiger partial charge in [-0.2, -0.15) is 0 Å². The molecule has 110 valence electrons. The Hall–Kier alpha value is -3.15. The molecule has 3 aromatic rings. The van der Waals surface area contributed by atoms with Crippen LogP contribution in [0.1, 0.15) is 5.56 Å². The molecule has 3 rings (SSSR count). The number of benzene rings is 2. The highest BCUT2D eigenvalue weighted by atomic mass is 15.0. The molecule has 5 nitrogen and oxygen atoms in total. The molecule has 0 saturated heterocycles. The van der Waals surface area contributed by atoms with Gasteiger partial charge < -0.3 is 16.0 Å². The zero-order chi connectivity index (χ0) is 16.1. The quantitative estimate of drug-likeness (QED) is 0.573. The van der Waals surface area contributed by atoms with Gasteiger partial charge in [0.1, 0.15) is 18.0 Å². The lowest BCUT2D eigenvalue weighted by molar-refractivity contribution is 1.17. The maximum absolute atomic E-state index is 5.82. The Morgan fingerprint density at radius 3 is 2.35 bits per heavy atom. The van der Waals surface area contributed by atoms with Gasteiger partial charge in [0.15, 0.2) is 0 Å². The summed E-state index contributed by atoms with van der Waals surface area (Å²) in [4.78, 5) is 11.6. The number of nitrogens with zero attached hydrogens (tertiary/aromatic N) is 3. The van der Waals surface area contributed by atoms with E-state index in [1.807, 2.05) is 42.5 Å². The summed E-state index contributed by atoms with van der Waals surface area (Å²) in [5, 5.41) is 3.20. The van der Waals surface area contributed by atoms with Gasteiger partial charge in [0.05, 0.1) is 5.56 Å². The topological polar surface area (TPSA) is 76.2 Å². The number of nitrogen functional groups attached to an aromatic ring is 1. The van der Waals surface area contributed by atoms with Crippen LogP contribution in [0.15, 0.2) is 65.8 Å². The standard InChI is InChI=1S/C17H14BN5/c18-22-10-15-16(19)20-11-21-17(15)23-14-8-6-13(7-9-14)12-4-2-1-3-5-12/h1-11H,(H3,19,20,21,23). The van der Waals surface area contributed by atoms with Crippen molar-refractivity contribution < 1.29 is 0 Å². The number of hydrogen-bond acceptors (Lipinski definition) is 5. The minimum absolute atomic E-state index is 0.317. The van der Waals surface area contributed by atoms with Crippen LogP contribution in [-0.2, 0) is 0 Å². The summed E-state index contributed by atoms with van der Waals surface area (Å²) in [6, 6.07) is 18.2. The lowest BCUT2D eigenvalue weighted by Crippen LogP contribution is -2.04. The van der Waals surface area contributed by atoms with E-state index >= 15 is 0 Å². The molecule has 0 aliphatic heterocycles. The molecule has 2 aromatic carbocycles. The summed E-state index contributed by atoms with van der Waals surface area (Å²) >= 11 is 0. The fourth-order valence-electron chi connectivity index (χ4n) is 2.22. The normalized spacial score (nSPS) is 10.8. The van der Waals surface area contributed by atoms with Crippen molar-refractivity contribution in [2.24, 2.45) is 4.90 Å². The summed E-state index contributed by atoms with van der Waals surface area (Å²) in [5.41, 5.74) is 9.57. The molecule has 1 aromatic heterocycles. The minimum atomic E-state index is 0.317. The zero-order valence-corrected chi connectivity index (χ0v) is 12.3. The van der Waals surface area contributed by atoms with Crippen LogP contribution in [0, 0.1) is 0 Å². The van der Waals surface area contributed by atoms with E-state index in [0.717, 1.165) is 11.3 Å². The Labute approximate surface area is 135 Å². The highest BCUT2D eigenvalue weighted by Gasteiger charge is 2.07. The van der Waals surface area contributed by atoms with E-state index < -0.39 is 0 Å². The third-order valence-corrected chi connectivity index (χ3v) is 3.37. The molecule has 1 heterocycles. The molecule has 23 heavy (non-hydrogen) atoms. The van der Waals surface area contributed by atoms with Crippen molar-refractivity contribution in [2.75, 3.05) is 11.1 Å². The molecular formula is C17H14BN5. The van der Waals surface area contributed by atoms with Crippen LogP contribution < -0.4 is 11.1 Å². The lowest BCUT2D eigenvalue weighted by atomic mass is 10.1. The van der Waals surface area contributed by atoms with E-state index in [1.54, 1.807) is 0 Å². The van der Waals surface area contributed by atoms with E-state index in [0.29, 0.717) is 17.2 Å². The van der Waals surface area contributed by atoms with Gasteiger partial charge in [-0.15, -0.1) is 0 Å². The van der Waals surface area contributed by atoms with Gasteiger partial charge in [-0.05, 0) is 23.3 Å². The van der Waals surface area contributed by atoms with Crippen molar-refractivity contribution in [3.8, 4) is 11.1 Å². The maximum Gasteiger partial charge on any atom is 0.259 e. The molecule has 0 unspecified atom stereocenters. The Kier molecular flexibility index (Phi) is 4.33. The Bertz CT molecular complexity index is 816. The van der Waals surface area contributed by atoms with Crippen LogP contribution in [0.25, 0.3) is 11.1 Å². The first kappa shape index (κ1) is 14.8. The van der Waals surface area contributed by atoms with Crippen LogP contribution in [0.4, 0.5) is 17.3 Å². The average molecular weight is 299 g/mol. The molecule has 0 fully saturated rings. The predicted octanol–water partition coefficient (Wildman–Crippen LogP) is 2.97. The van der Waals surface area contributed by atoms with Gasteiger partial charge >= 0.3 is 0 Å². The monoisotopic (exact) mass is 299 g/mol. The Balaban J connectivity index is 1.86. The number of nitrogens with two attached hydrogens (primary N) is 1. The molecule has 0 amide bonds.